The second-order valence-corrected chi connectivity index (χ2v) is 18.6. The van der Waals surface area contributed by atoms with Gasteiger partial charge in [0.1, 0.15) is 28.9 Å². The number of aromatic nitrogens is 8. The van der Waals surface area contributed by atoms with Crippen molar-refractivity contribution in [3.05, 3.63) is 144 Å². The van der Waals surface area contributed by atoms with Crippen molar-refractivity contribution in [1.29, 1.82) is 0 Å². The molecule has 4 aromatic heterocycles. The van der Waals surface area contributed by atoms with E-state index in [-0.39, 0.29) is 18.6 Å². The van der Waals surface area contributed by atoms with E-state index in [2.05, 4.69) is 90.2 Å². The van der Waals surface area contributed by atoms with E-state index in [4.69, 9.17) is 9.97 Å². The maximum atomic E-state index is 16.1. The Morgan fingerprint density at radius 3 is 1.34 bits per heavy atom. The quantitative estimate of drug-likeness (QED) is 0.0152. The largest absolute Gasteiger partial charge is 0.384 e. The minimum Gasteiger partial charge on any atom is -0.384 e. The lowest BCUT2D eigenvalue weighted by Gasteiger charge is -2.50. The van der Waals surface area contributed by atoms with Crippen molar-refractivity contribution >= 4 is 5.78 Å². The number of hydrogen-bond acceptors (Lipinski definition) is 10. The van der Waals surface area contributed by atoms with Gasteiger partial charge in [-0.2, -0.15) is 0 Å². The third-order valence-electron chi connectivity index (χ3n) is 13.4. The molecule has 6 aromatic rings. The molecule has 2 aromatic carbocycles. The number of unbranched alkanes of at least 4 members (excludes halogenated alkanes) is 2. The number of aromatic amines is 4. The first kappa shape index (κ1) is 52.1. The Bertz CT molecular complexity index is 2120. The van der Waals surface area contributed by atoms with Crippen LogP contribution in [0, 0.1) is 11.3 Å². The van der Waals surface area contributed by atoms with Gasteiger partial charge < -0.3 is 45.5 Å². The smallest absolute Gasteiger partial charge is 0.173 e. The highest BCUT2D eigenvalue weighted by Crippen LogP contribution is 2.53. The molecule has 4 heterocycles. The van der Waals surface area contributed by atoms with E-state index in [1.807, 2.05) is 36.4 Å². The molecule has 0 amide bonds. The summed E-state index contributed by atoms with van der Waals surface area (Å²) < 4.78 is 0. The van der Waals surface area contributed by atoms with Crippen LogP contribution in [-0.4, -0.2) is 113 Å². The van der Waals surface area contributed by atoms with Crippen LogP contribution in [0.15, 0.2) is 98.1 Å². The summed E-state index contributed by atoms with van der Waals surface area (Å²) in [7, 11) is 0. The van der Waals surface area contributed by atoms with Gasteiger partial charge >= 0.3 is 0 Å². The second-order valence-electron chi connectivity index (χ2n) is 18.6. The van der Waals surface area contributed by atoms with Gasteiger partial charge in [-0.25, -0.2) is 19.9 Å². The van der Waals surface area contributed by atoms with Gasteiger partial charge in [-0.3, -0.25) is 4.79 Å². The molecule has 368 valence electrons. The van der Waals surface area contributed by atoms with Crippen LogP contribution in [0.5, 0.6) is 0 Å². The average Bonchev–Trinajstić information content (AvgIpc) is 4.22. The Morgan fingerprint density at radius 2 is 0.956 bits per heavy atom. The van der Waals surface area contributed by atoms with E-state index in [9.17, 15) is 5.11 Å². The zero-order valence-electron chi connectivity index (χ0n) is 41.4. The third-order valence-corrected chi connectivity index (χ3v) is 13.4. The van der Waals surface area contributed by atoms with Crippen molar-refractivity contribution < 1.29 is 9.90 Å². The van der Waals surface area contributed by atoms with Crippen molar-refractivity contribution in [3.63, 3.8) is 0 Å². The van der Waals surface area contributed by atoms with Gasteiger partial charge in [-0.05, 0) is 120 Å². The highest BCUT2D eigenvalue weighted by molar-refractivity contribution is 6.02. The number of H-pyrrole nitrogens is 4. The predicted molar refractivity (Wildman–Crippen MR) is 272 cm³/mol. The van der Waals surface area contributed by atoms with E-state index >= 15 is 4.79 Å². The van der Waals surface area contributed by atoms with Crippen LogP contribution in [0.25, 0.3) is 0 Å². The fraction of sp³-hybridized carbons (Fsp3) is 0.537. The number of imidazole rings is 4. The standard InChI is InChI=1S/C54H80N12O2/c1-5-31-65(32-6-2)35-11-9-21-55-41-43-13-17-45(18-14-43)52(67)53(39-50-61-27-28-62-50,40-51-63-29-30-64-51)54(68,47(37-48-57-23-24-58-48)38-49-59-25-26-60-49)46-19-15-44(16-20-46)42-56-22-10-12-36-66(33-7-3)34-8-4/h13-20,23-30,47,55-56,68H,5-12,21-22,31-42H2,1-4H3,(H,57,58)(H,59,60)(H,61,62)(H,63,64). The molecule has 0 saturated carbocycles. The Morgan fingerprint density at radius 1 is 0.559 bits per heavy atom. The van der Waals surface area contributed by atoms with Crippen molar-refractivity contribution in [2.45, 2.75) is 123 Å². The van der Waals surface area contributed by atoms with Crippen molar-refractivity contribution in [3.8, 4) is 0 Å². The molecule has 1 unspecified atom stereocenters. The van der Waals surface area contributed by atoms with Crippen LogP contribution in [0.3, 0.4) is 0 Å². The van der Waals surface area contributed by atoms with E-state index in [1.165, 1.54) is 25.7 Å². The molecule has 0 radical (unpaired) electrons. The number of benzene rings is 2. The number of aliphatic hydroxyl groups is 1. The Labute approximate surface area is 405 Å². The second kappa shape index (κ2) is 27.7. The number of carbonyl (C=O) groups excluding carboxylic acids is 1. The van der Waals surface area contributed by atoms with Crippen molar-refractivity contribution in [1.82, 2.24) is 60.3 Å². The highest BCUT2D eigenvalue weighted by Gasteiger charge is 2.61. The Kier molecular flexibility index (Phi) is 21.2. The molecule has 0 aliphatic rings. The molecule has 6 rings (SSSR count). The van der Waals surface area contributed by atoms with Crippen LogP contribution < -0.4 is 10.6 Å². The molecule has 68 heavy (non-hydrogen) atoms. The number of rotatable bonds is 35. The van der Waals surface area contributed by atoms with Gasteiger partial charge in [0.15, 0.2) is 5.78 Å². The molecule has 0 aliphatic heterocycles. The summed E-state index contributed by atoms with van der Waals surface area (Å²) in [4.78, 5) is 53.2. The molecule has 14 heteroatoms. The molecule has 0 aliphatic carbocycles. The van der Waals surface area contributed by atoms with E-state index in [0.29, 0.717) is 60.4 Å². The van der Waals surface area contributed by atoms with Gasteiger partial charge in [0.05, 0.1) is 5.41 Å². The summed E-state index contributed by atoms with van der Waals surface area (Å²) in [5.74, 6) is 1.74. The molecule has 0 saturated heterocycles. The van der Waals surface area contributed by atoms with Crippen LogP contribution >= 0.6 is 0 Å². The highest BCUT2D eigenvalue weighted by atomic mass is 16.3. The van der Waals surface area contributed by atoms with Crippen LogP contribution in [0.1, 0.15) is 129 Å². The van der Waals surface area contributed by atoms with Crippen LogP contribution in [0.2, 0.25) is 0 Å². The van der Waals surface area contributed by atoms with Gasteiger partial charge in [-0.1, -0.05) is 76.2 Å². The minimum atomic E-state index is -1.85. The molecule has 14 nitrogen and oxygen atoms in total. The summed E-state index contributed by atoms with van der Waals surface area (Å²) in [5.41, 5.74) is -0.0974. The summed E-state index contributed by atoms with van der Waals surface area (Å²) in [6.45, 7) is 19.1. The lowest BCUT2D eigenvalue weighted by Crippen LogP contribution is -2.59. The average molecular weight is 929 g/mol. The fourth-order valence-corrected chi connectivity index (χ4v) is 10.1. The maximum absolute atomic E-state index is 16.1. The summed E-state index contributed by atoms with van der Waals surface area (Å²) >= 11 is 0. The first-order chi connectivity index (χ1) is 33.3. The third kappa shape index (κ3) is 14.6. The molecule has 0 bridgehead atoms. The summed E-state index contributed by atoms with van der Waals surface area (Å²) in [6, 6.07) is 16.1. The van der Waals surface area contributed by atoms with Crippen LogP contribution in [-0.2, 0) is 44.4 Å². The van der Waals surface area contributed by atoms with Gasteiger partial charge in [-0.15, -0.1) is 0 Å². The molecule has 7 N–H and O–H groups in total. The lowest BCUT2D eigenvalue weighted by atomic mass is 9.55. The van der Waals surface area contributed by atoms with E-state index in [0.717, 1.165) is 89.2 Å². The Hall–Kier alpha value is -5.25. The number of hydrogen-bond donors (Lipinski definition) is 7. The summed E-state index contributed by atoms with van der Waals surface area (Å²) in [5, 5.41) is 21.8. The number of ketones is 1. The molecular formula is C54H80N12O2. The van der Waals surface area contributed by atoms with E-state index < -0.39 is 16.9 Å². The van der Waals surface area contributed by atoms with Crippen LogP contribution in [0.4, 0.5) is 0 Å². The number of nitrogens with one attached hydrogen (secondary N) is 6. The molecule has 0 spiro atoms. The minimum absolute atomic E-state index is 0.0946. The fourth-order valence-electron chi connectivity index (χ4n) is 10.1. The Balaban J connectivity index is 1.33. The normalized spacial score (nSPS) is 13.0. The van der Waals surface area contributed by atoms with E-state index in [1.54, 1.807) is 49.6 Å². The lowest BCUT2D eigenvalue weighted by molar-refractivity contribution is -0.118. The van der Waals surface area contributed by atoms with Crippen molar-refractivity contribution in [2.24, 2.45) is 11.3 Å². The molecule has 1 atom stereocenters. The number of nitrogens with zero attached hydrogens (tertiary/aromatic N) is 6. The topological polar surface area (TPSA) is 183 Å². The first-order valence-electron chi connectivity index (χ1n) is 25.6. The zero-order chi connectivity index (χ0) is 47.9. The monoisotopic (exact) mass is 929 g/mol. The van der Waals surface area contributed by atoms with Gasteiger partial charge in [0.2, 0.25) is 0 Å². The SMILES string of the molecule is CCCN(CCC)CCCCNCc1ccc(C(=O)C(Cc2ncc[nH]2)(Cc2ncc[nH]2)C(O)(c2ccc(CNCCCCN(CCC)CCC)cc2)C(Cc2ncc[nH]2)Cc2ncc[nH]2)cc1. The van der Waals surface area contributed by atoms with Gasteiger partial charge in [0, 0.05) is 99.8 Å². The zero-order valence-corrected chi connectivity index (χ0v) is 41.4. The van der Waals surface area contributed by atoms with Gasteiger partial charge in [0.25, 0.3) is 0 Å². The molecular weight excluding hydrogens is 849 g/mol. The molecule has 0 fully saturated rings. The predicted octanol–water partition coefficient (Wildman–Crippen LogP) is 8.21. The first-order valence-corrected chi connectivity index (χ1v) is 25.6. The number of carbonyl (C=O) groups is 1. The summed E-state index contributed by atoms with van der Waals surface area (Å²) in [6.07, 6.45) is 24.1. The van der Waals surface area contributed by atoms with Crippen molar-refractivity contribution in [2.75, 3.05) is 52.4 Å². The number of Topliss-reactive ketones (excluding diaryl/α,β-unsaturated/α-hetero) is 1. The maximum Gasteiger partial charge on any atom is 0.173 e.